The summed E-state index contributed by atoms with van der Waals surface area (Å²) in [7, 11) is 0. The Morgan fingerprint density at radius 3 is 2.56 bits per heavy atom. The molecule has 3 nitrogen and oxygen atoms in total. The van der Waals surface area contributed by atoms with Gasteiger partial charge in [0.25, 0.3) is 0 Å². The first-order chi connectivity index (χ1) is 8.58. The number of benzene rings is 2. The number of carboxylic acid groups (broad SMARTS) is 1. The Hall–Kier alpha value is -2.01. The average Bonchev–Trinajstić information content (AvgIpc) is 2.32. The van der Waals surface area contributed by atoms with E-state index < -0.39 is 5.97 Å². The Morgan fingerprint density at radius 1 is 1.17 bits per heavy atom. The van der Waals surface area contributed by atoms with Crippen LogP contribution >= 0.6 is 11.8 Å². The third kappa shape index (κ3) is 2.62. The lowest BCUT2D eigenvalue weighted by Gasteiger charge is -2.07. The fourth-order valence-corrected chi connectivity index (χ4v) is 2.46. The molecule has 3 N–H and O–H groups in total. The van der Waals surface area contributed by atoms with Crippen molar-refractivity contribution in [2.24, 2.45) is 0 Å². The highest BCUT2D eigenvalue weighted by Crippen LogP contribution is 2.33. The van der Waals surface area contributed by atoms with Crippen LogP contribution in [-0.4, -0.2) is 11.1 Å². The van der Waals surface area contributed by atoms with Crippen LogP contribution in [0, 0.1) is 5.82 Å². The highest BCUT2D eigenvalue weighted by atomic mass is 32.2. The van der Waals surface area contributed by atoms with Gasteiger partial charge in [-0.3, -0.25) is 0 Å². The maximum absolute atomic E-state index is 13.5. The van der Waals surface area contributed by atoms with Gasteiger partial charge in [0, 0.05) is 15.5 Å². The Labute approximate surface area is 107 Å². The van der Waals surface area contributed by atoms with Gasteiger partial charge < -0.3 is 10.8 Å². The summed E-state index contributed by atoms with van der Waals surface area (Å²) in [6.07, 6.45) is 0. The van der Waals surface area contributed by atoms with Crippen LogP contribution in [0.1, 0.15) is 10.4 Å². The van der Waals surface area contributed by atoms with Gasteiger partial charge in [-0.1, -0.05) is 23.9 Å². The van der Waals surface area contributed by atoms with E-state index in [1.165, 1.54) is 24.3 Å². The topological polar surface area (TPSA) is 63.3 Å². The molecular formula is C13H10FNO2S. The Kier molecular flexibility index (Phi) is 3.53. The van der Waals surface area contributed by atoms with Gasteiger partial charge in [-0.25, -0.2) is 9.18 Å². The molecule has 0 aliphatic rings. The molecule has 0 aliphatic carbocycles. The lowest BCUT2D eigenvalue weighted by atomic mass is 10.2. The van der Waals surface area contributed by atoms with Crippen molar-refractivity contribution in [1.29, 1.82) is 0 Å². The fourth-order valence-electron chi connectivity index (χ4n) is 1.45. The average molecular weight is 263 g/mol. The first-order valence-electron chi connectivity index (χ1n) is 5.13. The van der Waals surface area contributed by atoms with Crippen LogP contribution in [0.4, 0.5) is 10.1 Å². The summed E-state index contributed by atoms with van der Waals surface area (Å²) in [4.78, 5) is 11.9. The zero-order valence-electron chi connectivity index (χ0n) is 9.26. The lowest BCUT2D eigenvalue weighted by molar-refractivity contribution is 0.0693. The minimum atomic E-state index is -1.06. The number of hydrogen-bond acceptors (Lipinski definition) is 3. The molecule has 0 heterocycles. The second kappa shape index (κ2) is 5.10. The van der Waals surface area contributed by atoms with Gasteiger partial charge in [0.15, 0.2) is 0 Å². The number of nitrogens with two attached hydrogens (primary N) is 1. The van der Waals surface area contributed by atoms with Crippen molar-refractivity contribution in [3.05, 3.63) is 53.8 Å². The number of rotatable bonds is 3. The van der Waals surface area contributed by atoms with E-state index in [0.717, 1.165) is 11.8 Å². The number of halogens is 1. The highest BCUT2D eigenvalue weighted by Gasteiger charge is 2.13. The predicted molar refractivity (Wildman–Crippen MR) is 68.3 cm³/mol. The summed E-state index contributed by atoms with van der Waals surface area (Å²) in [5, 5.41) is 9.06. The van der Waals surface area contributed by atoms with E-state index in [2.05, 4.69) is 0 Å². The molecule has 0 saturated carbocycles. The van der Waals surface area contributed by atoms with Gasteiger partial charge >= 0.3 is 5.97 Å². The first-order valence-corrected chi connectivity index (χ1v) is 5.95. The van der Waals surface area contributed by atoms with Gasteiger partial charge in [0.2, 0.25) is 0 Å². The van der Waals surface area contributed by atoms with Crippen LogP contribution in [0.5, 0.6) is 0 Å². The Balaban J connectivity index is 2.42. The summed E-state index contributed by atoms with van der Waals surface area (Å²) in [6, 6.07) is 10.6. The van der Waals surface area contributed by atoms with E-state index in [-0.39, 0.29) is 11.4 Å². The predicted octanol–water partition coefficient (Wildman–Crippen LogP) is 3.26. The molecule has 0 saturated heterocycles. The van der Waals surface area contributed by atoms with Crippen LogP contribution in [-0.2, 0) is 0 Å². The zero-order chi connectivity index (χ0) is 13.1. The molecule has 2 aromatic carbocycles. The quantitative estimate of drug-likeness (QED) is 0.834. The second-order valence-electron chi connectivity index (χ2n) is 3.59. The van der Waals surface area contributed by atoms with Crippen LogP contribution in [0.2, 0.25) is 0 Å². The summed E-state index contributed by atoms with van der Waals surface area (Å²) in [5.74, 6) is -1.45. The number of anilines is 1. The largest absolute Gasteiger partial charge is 0.478 e. The van der Waals surface area contributed by atoms with Gasteiger partial charge in [-0.15, -0.1) is 0 Å². The van der Waals surface area contributed by atoms with Crippen molar-refractivity contribution in [3.8, 4) is 0 Å². The molecule has 5 heteroatoms. The van der Waals surface area contributed by atoms with Gasteiger partial charge in [-0.2, -0.15) is 0 Å². The smallest absolute Gasteiger partial charge is 0.336 e. The number of carboxylic acids is 1. The molecule has 0 aromatic heterocycles. The van der Waals surface area contributed by atoms with Crippen molar-refractivity contribution in [2.45, 2.75) is 9.79 Å². The van der Waals surface area contributed by atoms with E-state index in [9.17, 15) is 9.18 Å². The first kappa shape index (κ1) is 12.4. The molecule has 0 fully saturated rings. The number of nitrogen functional groups attached to an aromatic ring is 1. The molecule has 0 aliphatic heterocycles. The van der Waals surface area contributed by atoms with Gasteiger partial charge in [0.05, 0.1) is 5.56 Å². The van der Waals surface area contributed by atoms with E-state index in [1.54, 1.807) is 18.2 Å². The van der Waals surface area contributed by atoms with Crippen LogP contribution in [0.15, 0.2) is 52.3 Å². The molecular weight excluding hydrogens is 253 g/mol. The molecule has 0 amide bonds. The lowest BCUT2D eigenvalue weighted by Crippen LogP contribution is -2.00. The zero-order valence-corrected chi connectivity index (χ0v) is 10.1. The van der Waals surface area contributed by atoms with Crippen molar-refractivity contribution in [2.75, 3.05) is 5.73 Å². The molecule has 0 spiro atoms. The SMILES string of the molecule is Nc1ccc(C(=O)O)c(Sc2ccccc2F)c1. The van der Waals surface area contributed by atoms with Crippen LogP contribution < -0.4 is 5.73 Å². The molecule has 18 heavy (non-hydrogen) atoms. The van der Waals surface area contributed by atoms with Gasteiger partial charge in [0.1, 0.15) is 5.82 Å². The maximum Gasteiger partial charge on any atom is 0.336 e. The van der Waals surface area contributed by atoms with Crippen molar-refractivity contribution < 1.29 is 14.3 Å². The minimum absolute atomic E-state index is 0.109. The molecule has 0 atom stereocenters. The van der Waals surface area contributed by atoms with Crippen LogP contribution in [0.25, 0.3) is 0 Å². The minimum Gasteiger partial charge on any atom is -0.478 e. The van der Waals surface area contributed by atoms with Crippen molar-refractivity contribution in [1.82, 2.24) is 0 Å². The molecule has 0 bridgehead atoms. The van der Waals surface area contributed by atoms with Crippen molar-refractivity contribution >= 4 is 23.4 Å². The third-order valence-corrected chi connectivity index (χ3v) is 3.40. The normalized spacial score (nSPS) is 10.3. The molecule has 2 aromatic rings. The van der Waals surface area contributed by atoms with E-state index in [0.29, 0.717) is 15.5 Å². The third-order valence-electron chi connectivity index (χ3n) is 2.29. The standard InChI is InChI=1S/C13H10FNO2S/c14-10-3-1-2-4-11(10)18-12-7-8(15)5-6-9(12)13(16)17/h1-7H,15H2,(H,16,17). The fraction of sp³-hybridized carbons (Fsp3) is 0. The summed E-state index contributed by atoms with van der Waals surface area (Å²) in [5.41, 5.74) is 6.17. The maximum atomic E-state index is 13.5. The second-order valence-corrected chi connectivity index (χ2v) is 4.68. The number of hydrogen-bond donors (Lipinski definition) is 2. The summed E-state index contributed by atoms with van der Waals surface area (Å²) in [6.45, 7) is 0. The molecule has 0 unspecified atom stereocenters. The Morgan fingerprint density at radius 2 is 1.89 bits per heavy atom. The Bertz CT molecular complexity index is 601. The van der Waals surface area contributed by atoms with E-state index >= 15 is 0 Å². The molecule has 2 rings (SSSR count). The number of aromatic carboxylic acids is 1. The summed E-state index contributed by atoms with van der Waals surface area (Å²) >= 11 is 1.05. The van der Waals surface area contributed by atoms with Crippen LogP contribution in [0.3, 0.4) is 0 Å². The number of carbonyl (C=O) groups is 1. The van der Waals surface area contributed by atoms with E-state index in [1.807, 2.05) is 0 Å². The highest BCUT2D eigenvalue weighted by molar-refractivity contribution is 7.99. The van der Waals surface area contributed by atoms with Gasteiger partial charge in [-0.05, 0) is 30.3 Å². The monoisotopic (exact) mass is 263 g/mol. The molecule has 92 valence electrons. The molecule has 0 radical (unpaired) electrons. The van der Waals surface area contributed by atoms with E-state index in [4.69, 9.17) is 10.8 Å². The summed E-state index contributed by atoms with van der Waals surface area (Å²) < 4.78 is 13.5. The van der Waals surface area contributed by atoms with Crippen molar-refractivity contribution in [3.63, 3.8) is 0 Å².